The minimum atomic E-state index is -0.156. The number of hydrazine groups is 1. The van der Waals surface area contributed by atoms with Gasteiger partial charge >= 0.3 is 0 Å². The molecule has 2 amide bonds. The van der Waals surface area contributed by atoms with Crippen molar-refractivity contribution >= 4 is 33.4 Å². The monoisotopic (exact) mass is 336 g/mol. The third-order valence-electron chi connectivity index (χ3n) is 4.15. The summed E-state index contributed by atoms with van der Waals surface area (Å²) in [7, 11) is 0. The van der Waals surface area contributed by atoms with Gasteiger partial charge in [-0.3, -0.25) is 15.0 Å². The molecule has 2 aliphatic rings. The highest BCUT2D eigenvalue weighted by atomic mass is 79.9. The normalized spacial score (nSPS) is 26.2. The van der Waals surface area contributed by atoms with E-state index in [1.165, 1.54) is 5.01 Å². The van der Waals surface area contributed by atoms with Gasteiger partial charge in [-0.25, -0.2) is 5.01 Å². The number of benzene rings is 1. The summed E-state index contributed by atoms with van der Waals surface area (Å²) < 4.78 is 0.903. The number of hydrogen-bond donors (Lipinski definition) is 1. The molecule has 0 bridgehead atoms. The van der Waals surface area contributed by atoms with Crippen LogP contribution in [-0.2, 0) is 9.59 Å². The minimum absolute atomic E-state index is 0.0202. The molecule has 2 atom stereocenters. The Morgan fingerprint density at radius 3 is 2.55 bits per heavy atom. The molecule has 1 saturated carbocycles. The van der Waals surface area contributed by atoms with Crippen molar-refractivity contribution in [2.45, 2.75) is 32.6 Å². The number of nitrogens with one attached hydrogen (secondary N) is 1. The molecule has 1 aliphatic carbocycles. The molecule has 1 N–H and O–H groups in total. The SMILES string of the molecule is Cc1cc(Br)cc(N2NC(=O)[C@@H]3CCCC[C@@H]3C2=O)c1. The third kappa shape index (κ3) is 2.35. The van der Waals surface area contributed by atoms with Crippen LogP contribution < -0.4 is 10.4 Å². The third-order valence-corrected chi connectivity index (χ3v) is 4.61. The Bertz CT molecular complexity index is 553. The molecule has 0 radical (unpaired) electrons. The van der Waals surface area contributed by atoms with Crippen molar-refractivity contribution in [2.75, 3.05) is 5.01 Å². The summed E-state index contributed by atoms with van der Waals surface area (Å²) in [5.41, 5.74) is 4.53. The Hall–Kier alpha value is -1.36. The average Bonchev–Trinajstić information content (AvgIpc) is 2.42. The zero-order valence-corrected chi connectivity index (χ0v) is 12.9. The molecule has 20 heavy (non-hydrogen) atoms. The number of aryl methyl sites for hydroxylation is 1. The Kier molecular flexibility index (Phi) is 3.54. The standard InChI is InChI=1S/C15H17BrN2O2/c1-9-6-10(16)8-11(7-9)18-15(20)13-5-3-2-4-12(13)14(19)17-18/h6-8,12-13H,2-5H2,1H3,(H,17,19)/t12-,13+/m1/s1. The van der Waals surface area contributed by atoms with E-state index in [2.05, 4.69) is 21.4 Å². The Morgan fingerprint density at radius 1 is 1.15 bits per heavy atom. The van der Waals surface area contributed by atoms with Gasteiger partial charge in [-0.1, -0.05) is 28.8 Å². The molecule has 3 rings (SSSR count). The van der Waals surface area contributed by atoms with E-state index in [0.29, 0.717) is 0 Å². The lowest BCUT2D eigenvalue weighted by Crippen LogP contribution is -2.59. The van der Waals surface area contributed by atoms with Crippen LogP contribution in [-0.4, -0.2) is 11.8 Å². The van der Waals surface area contributed by atoms with E-state index in [-0.39, 0.29) is 23.7 Å². The zero-order valence-electron chi connectivity index (χ0n) is 11.4. The zero-order chi connectivity index (χ0) is 14.3. The summed E-state index contributed by atoms with van der Waals surface area (Å²) in [4.78, 5) is 24.8. The van der Waals surface area contributed by atoms with Gasteiger partial charge < -0.3 is 0 Å². The summed E-state index contributed by atoms with van der Waals surface area (Å²) >= 11 is 3.43. The van der Waals surface area contributed by atoms with Gasteiger partial charge in [0.2, 0.25) is 11.8 Å². The van der Waals surface area contributed by atoms with Crippen molar-refractivity contribution in [2.24, 2.45) is 11.8 Å². The number of carbonyl (C=O) groups is 2. The Balaban J connectivity index is 1.94. The summed E-state index contributed by atoms with van der Waals surface area (Å²) in [6.45, 7) is 1.97. The summed E-state index contributed by atoms with van der Waals surface area (Å²) in [6, 6.07) is 5.74. The molecule has 1 aromatic carbocycles. The summed E-state index contributed by atoms with van der Waals surface area (Å²) in [6.07, 6.45) is 3.72. The largest absolute Gasteiger partial charge is 0.273 e. The lowest BCUT2D eigenvalue weighted by Gasteiger charge is -2.39. The first kappa shape index (κ1) is 13.6. The van der Waals surface area contributed by atoms with Gasteiger partial charge in [0.15, 0.2) is 0 Å². The highest BCUT2D eigenvalue weighted by Crippen LogP contribution is 2.35. The maximum Gasteiger partial charge on any atom is 0.249 e. The number of hydrogen-bond acceptors (Lipinski definition) is 2. The molecule has 0 spiro atoms. The molecular weight excluding hydrogens is 320 g/mol. The first-order valence-electron chi connectivity index (χ1n) is 6.98. The second-order valence-electron chi connectivity index (χ2n) is 5.63. The van der Waals surface area contributed by atoms with Gasteiger partial charge in [0.1, 0.15) is 0 Å². The molecule has 106 valence electrons. The molecule has 1 heterocycles. The van der Waals surface area contributed by atoms with Crippen LogP contribution in [0.1, 0.15) is 31.2 Å². The van der Waals surface area contributed by atoms with Crippen LogP contribution in [0.3, 0.4) is 0 Å². The molecule has 4 nitrogen and oxygen atoms in total. The van der Waals surface area contributed by atoms with E-state index < -0.39 is 0 Å². The minimum Gasteiger partial charge on any atom is -0.273 e. The molecule has 1 saturated heterocycles. The highest BCUT2D eigenvalue weighted by Gasteiger charge is 2.43. The molecule has 1 aliphatic heterocycles. The van der Waals surface area contributed by atoms with Gasteiger partial charge in [-0.15, -0.1) is 0 Å². The second-order valence-corrected chi connectivity index (χ2v) is 6.55. The fraction of sp³-hybridized carbons (Fsp3) is 0.467. The molecule has 1 aromatic rings. The smallest absolute Gasteiger partial charge is 0.249 e. The number of carbonyl (C=O) groups excluding carboxylic acids is 2. The van der Waals surface area contributed by atoms with Crippen molar-refractivity contribution in [1.82, 2.24) is 5.43 Å². The van der Waals surface area contributed by atoms with Gasteiger partial charge in [0, 0.05) is 4.47 Å². The number of anilines is 1. The van der Waals surface area contributed by atoms with Gasteiger partial charge in [-0.05, 0) is 43.5 Å². The van der Waals surface area contributed by atoms with Crippen LogP contribution in [0.5, 0.6) is 0 Å². The number of amides is 2. The Labute approximate surface area is 126 Å². The lowest BCUT2D eigenvalue weighted by atomic mass is 9.77. The van der Waals surface area contributed by atoms with Crippen molar-refractivity contribution in [1.29, 1.82) is 0 Å². The van der Waals surface area contributed by atoms with Gasteiger partial charge in [0.05, 0.1) is 17.5 Å². The predicted octanol–water partition coefficient (Wildman–Crippen LogP) is 2.94. The molecule has 5 heteroatoms. The van der Waals surface area contributed by atoms with Crippen molar-refractivity contribution in [3.8, 4) is 0 Å². The number of rotatable bonds is 1. The van der Waals surface area contributed by atoms with Gasteiger partial charge in [-0.2, -0.15) is 0 Å². The quantitative estimate of drug-likeness (QED) is 0.857. The topological polar surface area (TPSA) is 49.4 Å². The number of nitrogens with zero attached hydrogens (tertiary/aromatic N) is 1. The van der Waals surface area contributed by atoms with Crippen LogP contribution in [0.4, 0.5) is 5.69 Å². The van der Waals surface area contributed by atoms with Crippen molar-refractivity contribution in [3.63, 3.8) is 0 Å². The van der Waals surface area contributed by atoms with E-state index in [4.69, 9.17) is 0 Å². The van der Waals surface area contributed by atoms with Crippen LogP contribution in [0.2, 0.25) is 0 Å². The van der Waals surface area contributed by atoms with Crippen molar-refractivity contribution in [3.05, 3.63) is 28.2 Å². The van der Waals surface area contributed by atoms with E-state index in [1.54, 1.807) is 0 Å². The average molecular weight is 337 g/mol. The maximum absolute atomic E-state index is 12.6. The van der Waals surface area contributed by atoms with Crippen LogP contribution in [0, 0.1) is 18.8 Å². The summed E-state index contributed by atoms with van der Waals surface area (Å²) in [5.74, 6) is -0.295. The van der Waals surface area contributed by atoms with E-state index in [9.17, 15) is 9.59 Å². The van der Waals surface area contributed by atoms with E-state index in [0.717, 1.165) is 41.4 Å². The molecular formula is C15H17BrN2O2. The Morgan fingerprint density at radius 2 is 1.85 bits per heavy atom. The van der Waals surface area contributed by atoms with Crippen LogP contribution in [0.15, 0.2) is 22.7 Å². The summed E-state index contributed by atoms with van der Waals surface area (Å²) in [5, 5.41) is 1.42. The molecule has 0 aromatic heterocycles. The predicted molar refractivity (Wildman–Crippen MR) is 80.0 cm³/mol. The first-order chi connectivity index (χ1) is 9.56. The fourth-order valence-electron chi connectivity index (χ4n) is 3.19. The molecule has 0 unspecified atom stereocenters. The lowest BCUT2D eigenvalue weighted by molar-refractivity contribution is -0.141. The highest BCUT2D eigenvalue weighted by molar-refractivity contribution is 9.10. The van der Waals surface area contributed by atoms with Crippen molar-refractivity contribution < 1.29 is 9.59 Å². The van der Waals surface area contributed by atoms with E-state index >= 15 is 0 Å². The maximum atomic E-state index is 12.6. The van der Waals surface area contributed by atoms with Crippen LogP contribution >= 0.6 is 15.9 Å². The molecule has 2 fully saturated rings. The number of fused-ring (bicyclic) bond motifs is 1. The first-order valence-corrected chi connectivity index (χ1v) is 7.77. The van der Waals surface area contributed by atoms with Gasteiger partial charge in [0.25, 0.3) is 0 Å². The number of halogens is 1. The van der Waals surface area contributed by atoms with E-state index in [1.807, 2.05) is 25.1 Å². The van der Waals surface area contributed by atoms with Crippen LogP contribution in [0.25, 0.3) is 0 Å². The fourth-order valence-corrected chi connectivity index (χ4v) is 3.79. The second kappa shape index (κ2) is 5.20.